The topological polar surface area (TPSA) is 72.2 Å². The Hall–Kier alpha value is -0.240. The van der Waals surface area contributed by atoms with E-state index in [1.54, 1.807) is 0 Å². The van der Waals surface area contributed by atoms with Gasteiger partial charge in [-0.1, -0.05) is 27.7 Å². The maximum absolute atomic E-state index is 6.39. The molecule has 1 fully saturated rings. The lowest BCUT2D eigenvalue weighted by atomic mass is 9.97. The largest absolute Gasteiger partial charge is 0.379 e. The van der Waals surface area contributed by atoms with E-state index in [-0.39, 0.29) is 24.4 Å². The Kier molecular flexibility index (Phi) is 11.8. The highest BCUT2D eigenvalue weighted by molar-refractivity contribution is 4.94. The SMILES string of the molecule is CCCOC[C@H]1OC(OCCC)[C@H](N)[C@@H](OCCC)[C@@H]1OCCC. The summed E-state index contributed by atoms with van der Waals surface area (Å²) in [5, 5.41) is 0. The molecule has 1 saturated heterocycles. The molecule has 6 nitrogen and oxygen atoms in total. The van der Waals surface area contributed by atoms with Crippen LogP contribution < -0.4 is 5.73 Å². The van der Waals surface area contributed by atoms with E-state index in [0.717, 1.165) is 25.7 Å². The smallest absolute Gasteiger partial charge is 0.175 e. The van der Waals surface area contributed by atoms with E-state index in [0.29, 0.717) is 33.0 Å². The van der Waals surface area contributed by atoms with E-state index in [1.807, 2.05) is 0 Å². The Balaban J connectivity index is 2.82. The van der Waals surface area contributed by atoms with E-state index in [1.165, 1.54) is 0 Å². The molecule has 0 aromatic carbocycles. The summed E-state index contributed by atoms with van der Waals surface area (Å²) in [7, 11) is 0. The molecule has 0 aromatic heterocycles. The lowest BCUT2D eigenvalue weighted by molar-refractivity contribution is -0.282. The van der Waals surface area contributed by atoms with Gasteiger partial charge in [0.1, 0.15) is 18.3 Å². The van der Waals surface area contributed by atoms with Gasteiger partial charge in [-0.2, -0.15) is 0 Å². The van der Waals surface area contributed by atoms with Gasteiger partial charge in [0.25, 0.3) is 0 Å². The van der Waals surface area contributed by atoms with E-state index >= 15 is 0 Å². The fourth-order valence-corrected chi connectivity index (χ4v) is 2.70. The summed E-state index contributed by atoms with van der Waals surface area (Å²) in [6.45, 7) is 11.4. The monoisotopic (exact) mass is 347 g/mol. The highest BCUT2D eigenvalue weighted by Gasteiger charge is 2.46. The molecule has 1 rings (SSSR count). The van der Waals surface area contributed by atoms with Crippen LogP contribution in [0.5, 0.6) is 0 Å². The van der Waals surface area contributed by atoms with Gasteiger partial charge in [-0.05, 0) is 25.7 Å². The quantitative estimate of drug-likeness (QED) is 0.516. The molecule has 0 aromatic rings. The summed E-state index contributed by atoms with van der Waals surface area (Å²) in [6, 6.07) is -0.368. The zero-order valence-corrected chi connectivity index (χ0v) is 15.9. The number of rotatable bonds is 13. The maximum Gasteiger partial charge on any atom is 0.175 e. The van der Waals surface area contributed by atoms with Crippen LogP contribution in [0.15, 0.2) is 0 Å². The Bertz CT molecular complexity index is 297. The van der Waals surface area contributed by atoms with Gasteiger partial charge in [0.15, 0.2) is 6.29 Å². The molecule has 1 unspecified atom stereocenters. The lowest BCUT2D eigenvalue weighted by Gasteiger charge is -2.44. The van der Waals surface area contributed by atoms with Crippen LogP contribution in [0.25, 0.3) is 0 Å². The second-order valence-corrected chi connectivity index (χ2v) is 6.24. The Labute approximate surface area is 147 Å². The molecule has 0 spiro atoms. The second-order valence-electron chi connectivity index (χ2n) is 6.24. The molecule has 1 aliphatic heterocycles. The summed E-state index contributed by atoms with van der Waals surface area (Å²) in [6.07, 6.45) is 2.56. The van der Waals surface area contributed by atoms with Crippen LogP contribution in [-0.2, 0) is 23.7 Å². The van der Waals surface area contributed by atoms with Gasteiger partial charge in [-0.3, -0.25) is 0 Å². The van der Waals surface area contributed by atoms with Crippen LogP contribution in [-0.4, -0.2) is 63.7 Å². The number of ether oxygens (including phenoxy) is 5. The molecule has 6 heteroatoms. The predicted octanol–water partition coefficient (Wildman–Crippen LogP) is 2.48. The number of hydrogen-bond donors (Lipinski definition) is 1. The van der Waals surface area contributed by atoms with Crippen LogP contribution in [0.4, 0.5) is 0 Å². The van der Waals surface area contributed by atoms with Gasteiger partial charge >= 0.3 is 0 Å². The van der Waals surface area contributed by atoms with Gasteiger partial charge in [-0.15, -0.1) is 0 Å². The summed E-state index contributed by atoms with van der Waals surface area (Å²) >= 11 is 0. The minimum absolute atomic E-state index is 0.230. The fourth-order valence-electron chi connectivity index (χ4n) is 2.70. The van der Waals surface area contributed by atoms with Crippen LogP contribution in [0, 0.1) is 0 Å². The number of nitrogens with two attached hydrogens (primary N) is 1. The molecule has 24 heavy (non-hydrogen) atoms. The van der Waals surface area contributed by atoms with E-state index in [2.05, 4.69) is 27.7 Å². The minimum Gasteiger partial charge on any atom is -0.379 e. The van der Waals surface area contributed by atoms with Gasteiger partial charge < -0.3 is 29.4 Å². The third kappa shape index (κ3) is 6.94. The molecule has 2 N–H and O–H groups in total. The summed E-state index contributed by atoms with van der Waals surface area (Å²) in [4.78, 5) is 0. The lowest BCUT2D eigenvalue weighted by Crippen LogP contribution is -2.64. The third-order valence-electron chi connectivity index (χ3n) is 3.84. The zero-order chi connectivity index (χ0) is 17.8. The van der Waals surface area contributed by atoms with Crippen molar-refractivity contribution in [3.63, 3.8) is 0 Å². The van der Waals surface area contributed by atoms with E-state index in [9.17, 15) is 0 Å². The Morgan fingerprint density at radius 2 is 1.29 bits per heavy atom. The highest BCUT2D eigenvalue weighted by atomic mass is 16.7. The average Bonchev–Trinajstić information content (AvgIpc) is 2.59. The van der Waals surface area contributed by atoms with Crippen LogP contribution in [0.2, 0.25) is 0 Å². The van der Waals surface area contributed by atoms with Gasteiger partial charge in [0.05, 0.1) is 12.6 Å². The van der Waals surface area contributed by atoms with Crippen LogP contribution >= 0.6 is 0 Å². The summed E-state index contributed by atoms with van der Waals surface area (Å²) in [5.41, 5.74) is 6.39. The fraction of sp³-hybridized carbons (Fsp3) is 1.00. The van der Waals surface area contributed by atoms with Crippen molar-refractivity contribution in [3.8, 4) is 0 Å². The molecular weight excluding hydrogens is 310 g/mol. The first-order valence-corrected chi connectivity index (χ1v) is 9.53. The van der Waals surface area contributed by atoms with Gasteiger partial charge in [-0.25, -0.2) is 0 Å². The molecular formula is C18H37NO5. The van der Waals surface area contributed by atoms with Gasteiger partial charge in [0.2, 0.25) is 0 Å². The molecule has 0 aliphatic carbocycles. The summed E-state index contributed by atoms with van der Waals surface area (Å²) in [5.74, 6) is 0. The van der Waals surface area contributed by atoms with E-state index < -0.39 is 6.29 Å². The van der Waals surface area contributed by atoms with Crippen molar-refractivity contribution in [1.82, 2.24) is 0 Å². The summed E-state index contributed by atoms with van der Waals surface area (Å²) < 4.78 is 29.7. The molecule has 0 radical (unpaired) electrons. The molecule has 0 bridgehead atoms. The van der Waals surface area contributed by atoms with Gasteiger partial charge in [0, 0.05) is 26.4 Å². The highest BCUT2D eigenvalue weighted by Crippen LogP contribution is 2.26. The van der Waals surface area contributed by atoms with E-state index in [4.69, 9.17) is 29.4 Å². The van der Waals surface area contributed by atoms with Crippen molar-refractivity contribution in [3.05, 3.63) is 0 Å². The Morgan fingerprint density at radius 1 is 0.750 bits per heavy atom. The first-order chi connectivity index (χ1) is 11.7. The van der Waals surface area contributed by atoms with Crippen molar-refractivity contribution in [2.45, 2.75) is 84.0 Å². The van der Waals surface area contributed by atoms with Crippen molar-refractivity contribution in [2.75, 3.05) is 33.0 Å². The second kappa shape index (κ2) is 13.0. The molecule has 0 amide bonds. The minimum atomic E-state index is -0.483. The number of hydrogen-bond acceptors (Lipinski definition) is 6. The molecule has 0 saturated carbocycles. The zero-order valence-electron chi connectivity index (χ0n) is 15.9. The molecule has 1 heterocycles. The van der Waals surface area contributed by atoms with Crippen LogP contribution in [0.1, 0.15) is 53.4 Å². The normalized spacial score (nSPS) is 30.6. The first-order valence-electron chi connectivity index (χ1n) is 9.53. The Morgan fingerprint density at radius 3 is 1.88 bits per heavy atom. The van der Waals surface area contributed by atoms with Crippen molar-refractivity contribution < 1.29 is 23.7 Å². The first kappa shape index (κ1) is 21.8. The molecule has 5 atom stereocenters. The predicted molar refractivity (Wildman–Crippen MR) is 94.1 cm³/mol. The molecule has 144 valence electrons. The average molecular weight is 347 g/mol. The standard InChI is InChI=1S/C18H37NO5/c1-5-9-20-13-14-16(21-10-6-2)17(22-11-7-3)15(19)18(24-14)23-12-8-4/h14-18H,5-13,19H2,1-4H3/t14-,15-,16-,17-,18?/m1/s1. The maximum atomic E-state index is 6.39. The van der Waals surface area contributed by atoms with Crippen molar-refractivity contribution >= 4 is 0 Å². The van der Waals surface area contributed by atoms with Crippen LogP contribution in [0.3, 0.4) is 0 Å². The molecule has 1 aliphatic rings. The van der Waals surface area contributed by atoms with Crippen molar-refractivity contribution in [2.24, 2.45) is 5.73 Å². The van der Waals surface area contributed by atoms with Crippen molar-refractivity contribution in [1.29, 1.82) is 0 Å². The third-order valence-corrected chi connectivity index (χ3v) is 3.84.